The first-order chi connectivity index (χ1) is 10.6. The number of nitrogens with one attached hydrogen (secondary N) is 1. The molecule has 1 N–H and O–H groups in total. The minimum atomic E-state index is -3.92. The van der Waals surface area contributed by atoms with Gasteiger partial charge in [-0.05, 0) is 24.5 Å². The van der Waals surface area contributed by atoms with Crippen LogP contribution in [0.25, 0.3) is 0 Å². The molecule has 0 aliphatic heterocycles. The van der Waals surface area contributed by atoms with Gasteiger partial charge in [-0.1, -0.05) is 19.9 Å². The second-order valence-corrected chi connectivity index (χ2v) is 7.59. The topological polar surface area (TPSA) is 66.5 Å². The fraction of sp³-hybridized carbons (Fsp3) is 0.533. The lowest BCUT2D eigenvalue weighted by molar-refractivity contribution is -0.120. The van der Waals surface area contributed by atoms with Crippen LogP contribution in [0.2, 0.25) is 0 Å². The van der Waals surface area contributed by atoms with Crippen LogP contribution in [-0.4, -0.2) is 33.7 Å². The van der Waals surface area contributed by atoms with E-state index in [4.69, 9.17) is 0 Å². The quantitative estimate of drug-likeness (QED) is 0.784. The molecule has 1 amide bonds. The van der Waals surface area contributed by atoms with E-state index in [1.807, 2.05) is 13.8 Å². The van der Waals surface area contributed by atoms with E-state index in [0.717, 1.165) is 30.9 Å². The highest BCUT2D eigenvalue weighted by Crippen LogP contribution is 2.25. The number of hydrogen-bond donors (Lipinski definition) is 1. The van der Waals surface area contributed by atoms with E-state index in [1.54, 1.807) is 0 Å². The summed E-state index contributed by atoms with van der Waals surface area (Å²) in [5, 5.41) is 2.65. The molecule has 0 saturated heterocycles. The van der Waals surface area contributed by atoms with E-state index < -0.39 is 27.3 Å². The summed E-state index contributed by atoms with van der Waals surface area (Å²) >= 11 is 0. The monoisotopic (exact) mass is 348 g/mol. The van der Waals surface area contributed by atoms with Crippen molar-refractivity contribution < 1.29 is 22.0 Å². The largest absolute Gasteiger partial charge is 0.356 e. The fourth-order valence-electron chi connectivity index (χ4n) is 1.96. The summed E-state index contributed by atoms with van der Waals surface area (Å²) in [4.78, 5) is 11.7. The van der Waals surface area contributed by atoms with Gasteiger partial charge in [0.15, 0.2) is 11.6 Å². The molecular formula is C15H22F2N2O3S. The third-order valence-electron chi connectivity index (χ3n) is 3.17. The van der Waals surface area contributed by atoms with E-state index >= 15 is 0 Å². The van der Waals surface area contributed by atoms with Gasteiger partial charge in [-0.2, -0.15) is 0 Å². The van der Waals surface area contributed by atoms with Gasteiger partial charge in [0.1, 0.15) is 5.69 Å². The predicted molar refractivity (Wildman–Crippen MR) is 85.6 cm³/mol. The summed E-state index contributed by atoms with van der Waals surface area (Å²) in [6.45, 7) is 4.17. The van der Waals surface area contributed by atoms with Crippen LogP contribution in [0.4, 0.5) is 14.5 Å². The molecule has 8 heteroatoms. The summed E-state index contributed by atoms with van der Waals surface area (Å²) in [7, 11) is -3.92. The minimum absolute atomic E-state index is 0.182. The summed E-state index contributed by atoms with van der Waals surface area (Å²) < 4.78 is 51.8. The molecule has 0 aromatic heterocycles. The molecule has 0 bridgehead atoms. The van der Waals surface area contributed by atoms with Crippen molar-refractivity contribution >= 4 is 21.6 Å². The number of rotatable bonds is 8. The molecule has 5 nitrogen and oxygen atoms in total. The molecule has 23 heavy (non-hydrogen) atoms. The van der Waals surface area contributed by atoms with Gasteiger partial charge in [0, 0.05) is 19.5 Å². The average molecular weight is 348 g/mol. The van der Waals surface area contributed by atoms with Crippen LogP contribution in [0.1, 0.15) is 26.7 Å². The molecule has 0 unspecified atom stereocenters. The van der Waals surface area contributed by atoms with Crippen molar-refractivity contribution in [1.29, 1.82) is 0 Å². The highest BCUT2D eigenvalue weighted by Gasteiger charge is 2.24. The van der Waals surface area contributed by atoms with Gasteiger partial charge in [-0.25, -0.2) is 17.2 Å². The lowest BCUT2D eigenvalue weighted by Crippen LogP contribution is -2.36. The Kier molecular flexibility index (Phi) is 6.93. The Morgan fingerprint density at radius 1 is 1.26 bits per heavy atom. The van der Waals surface area contributed by atoms with E-state index in [9.17, 15) is 22.0 Å². The third kappa shape index (κ3) is 6.13. The van der Waals surface area contributed by atoms with Crippen molar-refractivity contribution in [2.75, 3.05) is 23.7 Å². The summed E-state index contributed by atoms with van der Waals surface area (Å²) in [6.07, 6.45) is 1.46. The summed E-state index contributed by atoms with van der Waals surface area (Å²) in [6, 6.07) is 3.09. The zero-order valence-corrected chi connectivity index (χ0v) is 14.3. The maximum atomic E-state index is 13.8. The van der Waals surface area contributed by atoms with Crippen molar-refractivity contribution in [1.82, 2.24) is 5.32 Å². The molecule has 0 radical (unpaired) electrons. The Morgan fingerprint density at radius 2 is 1.83 bits per heavy atom. The third-order valence-corrected chi connectivity index (χ3v) is 4.34. The summed E-state index contributed by atoms with van der Waals surface area (Å²) in [5.41, 5.74) is -0.662. The van der Waals surface area contributed by atoms with Crippen molar-refractivity contribution in [3.8, 4) is 0 Å². The molecule has 1 aromatic rings. The first-order valence-corrected chi connectivity index (χ1v) is 9.16. The number of nitrogens with zero attached hydrogens (tertiary/aromatic N) is 1. The van der Waals surface area contributed by atoms with Gasteiger partial charge in [0.05, 0.1) is 6.26 Å². The molecule has 0 spiro atoms. The average Bonchev–Trinajstić information content (AvgIpc) is 2.40. The van der Waals surface area contributed by atoms with Gasteiger partial charge in [0.2, 0.25) is 15.9 Å². The minimum Gasteiger partial charge on any atom is -0.356 e. The van der Waals surface area contributed by atoms with Gasteiger partial charge in [0.25, 0.3) is 0 Å². The second-order valence-electron chi connectivity index (χ2n) is 5.69. The molecule has 0 aliphatic carbocycles. The van der Waals surface area contributed by atoms with Crippen LogP contribution in [0.3, 0.4) is 0 Å². The van der Waals surface area contributed by atoms with Crippen LogP contribution >= 0.6 is 0 Å². The van der Waals surface area contributed by atoms with Crippen LogP contribution in [0.15, 0.2) is 18.2 Å². The molecule has 0 fully saturated rings. The van der Waals surface area contributed by atoms with Gasteiger partial charge < -0.3 is 5.32 Å². The van der Waals surface area contributed by atoms with Crippen LogP contribution < -0.4 is 9.62 Å². The highest BCUT2D eigenvalue weighted by atomic mass is 32.2. The molecule has 0 heterocycles. The molecule has 1 rings (SSSR count). The van der Waals surface area contributed by atoms with Gasteiger partial charge in [-0.3, -0.25) is 9.10 Å². The van der Waals surface area contributed by atoms with Crippen LogP contribution in [0, 0.1) is 17.6 Å². The fourth-order valence-corrected chi connectivity index (χ4v) is 2.89. The molecule has 0 atom stereocenters. The lowest BCUT2D eigenvalue weighted by Gasteiger charge is -2.23. The lowest BCUT2D eigenvalue weighted by atomic mass is 10.1. The molecule has 0 aliphatic rings. The zero-order chi connectivity index (χ0) is 17.6. The van der Waals surface area contributed by atoms with Crippen molar-refractivity contribution in [3.05, 3.63) is 29.8 Å². The number of sulfonamides is 1. The highest BCUT2D eigenvalue weighted by molar-refractivity contribution is 7.92. The number of benzene rings is 1. The number of carbonyl (C=O) groups is 1. The number of para-hydroxylation sites is 1. The van der Waals surface area contributed by atoms with E-state index in [2.05, 4.69) is 5.32 Å². The van der Waals surface area contributed by atoms with Crippen LogP contribution in [0.5, 0.6) is 0 Å². The van der Waals surface area contributed by atoms with Crippen LogP contribution in [-0.2, 0) is 14.8 Å². The predicted octanol–water partition coefficient (Wildman–Crippen LogP) is 2.28. The maximum Gasteiger partial charge on any atom is 0.232 e. The van der Waals surface area contributed by atoms with E-state index in [-0.39, 0.29) is 18.9 Å². The Hall–Kier alpha value is -1.70. The first-order valence-electron chi connectivity index (χ1n) is 7.31. The molecule has 0 saturated carbocycles. The van der Waals surface area contributed by atoms with Crippen molar-refractivity contribution in [2.45, 2.75) is 26.7 Å². The normalized spacial score (nSPS) is 11.6. The van der Waals surface area contributed by atoms with Gasteiger partial charge in [-0.15, -0.1) is 0 Å². The number of carbonyl (C=O) groups excluding carboxylic acids is 1. The number of anilines is 1. The van der Waals surface area contributed by atoms with E-state index in [0.29, 0.717) is 16.8 Å². The zero-order valence-electron chi connectivity index (χ0n) is 13.5. The second kappa shape index (κ2) is 8.24. The standard InChI is InChI=1S/C15H22F2N2O3S/c1-11(2)7-9-18-14(20)8-10-19(23(3,21)22)15-12(16)5-4-6-13(15)17/h4-6,11H,7-10H2,1-3H3,(H,18,20). The molecule has 130 valence electrons. The van der Waals surface area contributed by atoms with E-state index in [1.165, 1.54) is 0 Å². The number of halogens is 2. The Labute approximate surface area is 135 Å². The summed E-state index contributed by atoms with van der Waals surface area (Å²) in [5.74, 6) is -1.92. The molecular weight excluding hydrogens is 326 g/mol. The maximum absolute atomic E-state index is 13.8. The van der Waals surface area contributed by atoms with Crippen molar-refractivity contribution in [3.63, 3.8) is 0 Å². The van der Waals surface area contributed by atoms with Gasteiger partial charge >= 0.3 is 0 Å². The molecule has 1 aromatic carbocycles. The SMILES string of the molecule is CC(C)CCNC(=O)CCN(c1c(F)cccc1F)S(C)(=O)=O. The Balaban J connectivity index is 2.81. The van der Waals surface area contributed by atoms with Crippen molar-refractivity contribution in [2.24, 2.45) is 5.92 Å². The Morgan fingerprint density at radius 3 is 2.30 bits per heavy atom. The number of amides is 1. The Bertz CT molecular complexity index is 628. The first kappa shape index (κ1) is 19.3. The number of hydrogen-bond acceptors (Lipinski definition) is 3. The smallest absolute Gasteiger partial charge is 0.232 e.